The number of carbonyl (C=O) groups is 3. The zero-order valence-electron chi connectivity index (χ0n) is 19.6. The van der Waals surface area contributed by atoms with Gasteiger partial charge >= 0.3 is 0 Å². The zero-order chi connectivity index (χ0) is 23.8. The van der Waals surface area contributed by atoms with Gasteiger partial charge in [0.2, 0.25) is 5.91 Å². The van der Waals surface area contributed by atoms with Gasteiger partial charge in [0.15, 0.2) is 0 Å². The summed E-state index contributed by atoms with van der Waals surface area (Å²) in [5, 5.41) is 5.97. The summed E-state index contributed by atoms with van der Waals surface area (Å²) in [6.07, 6.45) is 8.28. The minimum atomic E-state index is -0.253. The lowest BCUT2D eigenvalue weighted by Gasteiger charge is -2.21. The van der Waals surface area contributed by atoms with Crippen LogP contribution in [-0.2, 0) is 4.79 Å². The Bertz CT molecular complexity index is 1010. The number of hydrogen-bond acceptors (Lipinski definition) is 4. The Kier molecular flexibility index (Phi) is 8.63. The van der Waals surface area contributed by atoms with Crippen molar-refractivity contribution in [1.82, 2.24) is 10.2 Å². The van der Waals surface area contributed by atoms with E-state index in [4.69, 9.17) is 0 Å². The van der Waals surface area contributed by atoms with Gasteiger partial charge in [0.05, 0.1) is 11.3 Å². The van der Waals surface area contributed by atoms with Crippen molar-refractivity contribution in [2.45, 2.75) is 49.8 Å². The molecule has 34 heavy (non-hydrogen) atoms. The zero-order valence-corrected chi connectivity index (χ0v) is 20.4. The molecule has 0 spiro atoms. The van der Waals surface area contributed by atoms with Gasteiger partial charge in [-0.05, 0) is 61.9 Å². The molecule has 1 saturated carbocycles. The third-order valence-corrected chi connectivity index (χ3v) is 7.64. The van der Waals surface area contributed by atoms with Crippen LogP contribution < -0.4 is 10.6 Å². The van der Waals surface area contributed by atoms with Crippen LogP contribution in [0.3, 0.4) is 0 Å². The van der Waals surface area contributed by atoms with Crippen LogP contribution in [0, 0.1) is 5.92 Å². The fourth-order valence-electron chi connectivity index (χ4n) is 4.66. The smallest absolute Gasteiger partial charge is 0.256 e. The highest BCUT2D eigenvalue weighted by Gasteiger charge is 2.20. The van der Waals surface area contributed by atoms with Crippen LogP contribution in [0.1, 0.15) is 65.7 Å². The van der Waals surface area contributed by atoms with Gasteiger partial charge in [-0.25, -0.2) is 0 Å². The molecule has 1 aliphatic carbocycles. The second kappa shape index (κ2) is 12.1. The second-order valence-corrected chi connectivity index (χ2v) is 10.1. The molecule has 2 aromatic rings. The van der Waals surface area contributed by atoms with Gasteiger partial charge in [0, 0.05) is 35.8 Å². The van der Waals surface area contributed by atoms with E-state index in [2.05, 4.69) is 10.6 Å². The van der Waals surface area contributed by atoms with Crippen molar-refractivity contribution in [2.24, 2.45) is 5.92 Å². The van der Waals surface area contributed by atoms with E-state index in [1.54, 1.807) is 30.3 Å². The van der Waals surface area contributed by atoms with Crippen LogP contribution in [-0.4, -0.2) is 48.0 Å². The number of amides is 3. The van der Waals surface area contributed by atoms with Crippen LogP contribution in [0.4, 0.5) is 5.69 Å². The monoisotopic (exact) mass is 479 g/mol. The molecule has 2 fully saturated rings. The summed E-state index contributed by atoms with van der Waals surface area (Å²) in [5.41, 5.74) is 1.68. The van der Waals surface area contributed by atoms with E-state index in [1.807, 2.05) is 23.1 Å². The van der Waals surface area contributed by atoms with E-state index in [-0.39, 0.29) is 23.5 Å². The van der Waals surface area contributed by atoms with Gasteiger partial charge in [0.1, 0.15) is 0 Å². The summed E-state index contributed by atoms with van der Waals surface area (Å²) in [4.78, 5) is 40.7. The molecule has 7 heteroatoms. The maximum absolute atomic E-state index is 13.0. The van der Waals surface area contributed by atoms with E-state index in [9.17, 15) is 14.4 Å². The van der Waals surface area contributed by atoms with Gasteiger partial charge in [-0.15, -0.1) is 11.8 Å². The molecular formula is C27H33N3O3S. The largest absolute Gasteiger partial charge is 0.355 e. The fraction of sp³-hybridized carbons (Fsp3) is 0.444. The predicted octanol–water partition coefficient (Wildman–Crippen LogP) is 4.96. The number of rotatable bonds is 8. The molecule has 6 nitrogen and oxygen atoms in total. The Labute approximate surface area is 205 Å². The number of hydrogen-bond donors (Lipinski definition) is 2. The minimum Gasteiger partial charge on any atom is -0.355 e. The molecule has 0 atom stereocenters. The molecule has 0 radical (unpaired) electrons. The standard InChI is InChI=1S/C27H33N3O3S/c31-25(28-18-20-9-2-1-3-10-20)19-34-24-14-5-4-13-23(24)26(32)29-22-12-8-11-21(17-22)27(33)30-15-6-7-16-30/h4-5,8,11-14,17,20H,1-3,6-7,9-10,15-16,18-19H2,(H,28,31)(H,29,32). The third-order valence-electron chi connectivity index (χ3n) is 6.56. The van der Waals surface area contributed by atoms with Crippen molar-refractivity contribution in [3.8, 4) is 0 Å². The number of likely N-dealkylation sites (tertiary alicyclic amines) is 1. The number of benzene rings is 2. The summed E-state index contributed by atoms with van der Waals surface area (Å²) < 4.78 is 0. The van der Waals surface area contributed by atoms with Crippen molar-refractivity contribution in [1.29, 1.82) is 0 Å². The molecular weight excluding hydrogens is 446 g/mol. The molecule has 4 rings (SSSR count). The van der Waals surface area contributed by atoms with Crippen molar-refractivity contribution >= 4 is 35.2 Å². The number of thioether (sulfide) groups is 1. The van der Waals surface area contributed by atoms with E-state index in [0.29, 0.717) is 22.7 Å². The maximum atomic E-state index is 13.0. The second-order valence-electron chi connectivity index (χ2n) is 9.13. The third kappa shape index (κ3) is 6.63. The Hall–Kier alpha value is -2.80. The highest BCUT2D eigenvalue weighted by molar-refractivity contribution is 8.00. The van der Waals surface area contributed by atoms with Crippen LogP contribution in [0.25, 0.3) is 0 Å². The van der Waals surface area contributed by atoms with Gasteiger partial charge in [-0.3, -0.25) is 14.4 Å². The van der Waals surface area contributed by atoms with E-state index >= 15 is 0 Å². The van der Waals surface area contributed by atoms with Crippen molar-refractivity contribution in [3.63, 3.8) is 0 Å². The highest BCUT2D eigenvalue weighted by Crippen LogP contribution is 2.25. The van der Waals surface area contributed by atoms with E-state index in [0.717, 1.165) is 37.4 Å². The van der Waals surface area contributed by atoms with Gasteiger partial charge in [-0.2, -0.15) is 0 Å². The minimum absolute atomic E-state index is 0.00101. The molecule has 1 aliphatic heterocycles. The summed E-state index contributed by atoms with van der Waals surface area (Å²) in [5.74, 6) is 0.615. The Morgan fingerprint density at radius 2 is 1.68 bits per heavy atom. The van der Waals surface area contributed by atoms with Crippen molar-refractivity contribution in [3.05, 3.63) is 59.7 Å². The molecule has 2 aromatic carbocycles. The summed E-state index contributed by atoms with van der Waals surface area (Å²) in [6.45, 7) is 2.32. The normalized spacial score (nSPS) is 16.3. The molecule has 0 bridgehead atoms. The molecule has 3 amide bonds. The van der Waals surface area contributed by atoms with Gasteiger partial charge < -0.3 is 15.5 Å². The quantitative estimate of drug-likeness (QED) is 0.525. The van der Waals surface area contributed by atoms with E-state index < -0.39 is 0 Å². The lowest BCUT2D eigenvalue weighted by molar-refractivity contribution is -0.118. The highest BCUT2D eigenvalue weighted by atomic mass is 32.2. The average Bonchev–Trinajstić information content (AvgIpc) is 3.42. The van der Waals surface area contributed by atoms with Crippen LogP contribution in [0.2, 0.25) is 0 Å². The summed E-state index contributed by atoms with van der Waals surface area (Å²) in [6, 6.07) is 14.4. The summed E-state index contributed by atoms with van der Waals surface area (Å²) >= 11 is 1.37. The first-order valence-corrected chi connectivity index (χ1v) is 13.3. The van der Waals surface area contributed by atoms with Crippen molar-refractivity contribution in [2.75, 3.05) is 30.7 Å². The first kappa shape index (κ1) is 24.3. The van der Waals surface area contributed by atoms with E-state index in [1.165, 1.54) is 43.9 Å². The summed E-state index contributed by atoms with van der Waals surface area (Å²) in [7, 11) is 0. The Balaban J connectivity index is 1.33. The first-order valence-electron chi connectivity index (χ1n) is 12.3. The van der Waals surface area contributed by atoms with Gasteiger partial charge in [0.25, 0.3) is 11.8 Å². The van der Waals surface area contributed by atoms with Crippen LogP contribution in [0.15, 0.2) is 53.4 Å². The Morgan fingerprint density at radius 1 is 0.912 bits per heavy atom. The Morgan fingerprint density at radius 3 is 2.47 bits per heavy atom. The molecule has 2 aliphatic rings. The van der Waals surface area contributed by atoms with Crippen LogP contribution >= 0.6 is 11.8 Å². The maximum Gasteiger partial charge on any atom is 0.256 e. The van der Waals surface area contributed by atoms with Crippen molar-refractivity contribution < 1.29 is 14.4 Å². The fourth-order valence-corrected chi connectivity index (χ4v) is 5.53. The van der Waals surface area contributed by atoms with Crippen LogP contribution in [0.5, 0.6) is 0 Å². The molecule has 2 N–H and O–H groups in total. The molecule has 0 unspecified atom stereocenters. The number of nitrogens with one attached hydrogen (secondary N) is 2. The molecule has 180 valence electrons. The lowest BCUT2D eigenvalue weighted by Crippen LogP contribution is -2.31. The number of anilines is 1. The predicted molar refractivity (Wildman–Crippen MR) is 136 cm³/mol. The first-order chi connectivity index (χ1) is 16.6. The average molecular weight is 480 g/mol. The lowest BCUT2D eigenvalue weighted by atomic mass is 9.89. The molecule has 1 heterocycles. The molecule has 1 saturated heterocycles. The topological polar surface area (TPSA) is 78.5 Å². The SMILES string of the molecule is O=C(CSc1ccccc1C(=O)Nc1cccc(C(=O)N2CCCC2)c1)NCC1CCCCC1. The number of carbonyl (C=O) groups excluding carboxylic acids is 3. The number of nitrogens with zero attached hydrogens (tertiary/aromatic N) is 1. The molecule has 0 aromatic heterocycles. The van der Waals surface area contributed by atoms with Gasteiger partial charge in [-0.1, -0.05) is 37.5 Å².